The lowest BCUT2D eigenvalue weighted by Gasteiger charge is -2.33. The summed E-state index contributed by atoms with van der Waals surface area (Å²) in [5.74, 6) is 0.873. The summed E-state index contributed by atoms with van der Waals surface area (Å²) in [5.41, 5.74) is 5.70. The lowest BCUT2D eigenvalue weighted by atomic mass is 9.94. The molecule has 1 heterocycles. The van der Waals surface area contributed by atoms with Crippen molar-refractivity contribution in [2.45, 2.75) is 45.1 Å². The normalized spacial score (nSPS) is 17.6. The molecule has 1 aromatic rings. The van der Waals surface area contributed by atoms with E-state index >= 15 is 0 Å². The van der Waals surface area contributed by atoms with Gasteiger partial charge in [-0.3, -0.25) is 0 Å². The minimum atomic E-state index is 0.629. The first-order chi connectivity index (χ1) is 7.81. The van der Waals surface area contributed by atoms with Crippen molar-refractivity contribution in [3.63, 3.8) is 0 Å². The Bertz CT molecular complexity index is 320. The van der Waals surface area contributed by atoms with Gasteiger partial charge in [0.25, 0.3) is 0 Å². The van der Waals surface area contributed by atoms with E-state index in [-0.39, 0.29) is 0 Å². The zero-order valence-corrected chi connectivity index (χ0v) is 10.7. The molecule has 0 unspecified atom stereocenters. The average Bonchev–Trinajstić information content (AvgIpc) is 2.74. The molecule has 4 nitrogen and oxygen atoms in total. The monoisotopic (exact) mass is 240 g/mol. The minimum absolute atomic E-state index is 0.629. The third kappa shape index (κ3) is 2.71. The second kappa shape index (κ2) is 5.59. The number of hydrogen-bond acceptors (Lipinski definition) is 5. The van der Waals surface area contributed by atoms with E-state index in [2.05, 4.69) is 14.3 Å². The molecule has 0 atom stereocenters. The van der Waals surface area contributed by atoms with Crippen LogP contribution in [0.5, 0.6) is 0 Å². The Morgan fingerprint density at radius 3 is 2.69 bits per heavy atom. The van der Waals surface area contributed by atoms with Crippen LogP contribution < -0.4 is 10.6 Å². The number of aromatic nitrogens is 2. The van der Waals surface area contributed by atoms with Gasteiger partial charge in [0.1, 0.15) is 5.82 Å². The summed E-state index contributed by atoms with van der Waals surface area (Å²) in [6, 6.07) is 0.629. The summed E-state index contributed by atoms with van der Waals surface area (Å²) in [7, 11) is 0. The molecule has 2 rings (SSSR count). The van der Waals surface area contributed by atoms with Crippen LogP contribution in [-0.4, -0.2) is 28.5 Å². The fourth-order valence-electron chi connectivity index (χ4n) is 2.37. The fraction of sp³-hybridized carbons (Fsp3) is 0.818. The third-order valence-corrected chi connectivity index (χ3v) is 3.99. The largest absolute Gasteiger partial charge is 0.343 e. The maximum Gasteiger partial charge on any atom is 0.205 e. The van der Waals surface area contributed by atoms with Crippen LogP contribution in [0.3, 0.4) is 0 Å². The summed E-state index contributed by atoms with van der Waals surface area (Å²) >= 11 is 1.50. The number of hydrogen-bond donors (Lipinski definition) is 1. The Morgan fingerprint density at radius 1 is 1.38 bits per heavy atom. The molecule has 0 bridgehead atoms. The highest BCUT2D eigenvalue weighted by atomic mass is 32.1. The molecule has 1 saturated carbocycles. The van der Waals surface area contributed by atoms with Gasteiger partial charge in [0, 0.05) is 30.7 Å². The SMILES string of the molecule is Cc1nsc(N(CCN)C2CCCCC2)n1. The number of anilines is 1. The van der Waals surface area contributed by atoms with E-state index in [0.717, 1.165) is 17.5 Å². The van der Waals surface area contributed by atoms with Crippen molar-refractivity contribution < 1.29 is 0 Å². The Labute approximate surface area is 101 Å². The van der Waals surface area contributed by atoms with E-state index in [4.69, 9.17) is 5.73 Å². The van der Waals surface area contributed by atoms with Crippen molar-refractivity contribution in [1.82, 2.24) is 9.36 Å². The third-order valence-electron chi connectivity index (χ3n) is 3.15. The van der Waals surface area contributed by atoms with Crippen LogP contribution in [0.1, 0.15) is 37.9 Å². The van der Waals surface area contributed by atoms with Crippen molar-refractivity contribution in [3.8, 4) is 0 Å². The quantitative estimate of drug-likeness (QED) is 0.874. The summed E-state index contributed by atoms with van der Waals surface area (Å²) in [4.78, 5) is 6.85. The van der Waals surface area contributed by atoms with Gasteiger partial charge in [-0.25, -0.2) is 4.98 Å². The highest BCUT2D eigenvalue weighted by Crippen LogP contribution is 2.27. The van der Waals surface area contributed by atoms with E-state index in [1.807, 2.05) is 6.92 Å². The Balaban J connectivity index is 2.09. The molecular weight excluding hydrogens is 220 g/mol. The van der Waals surface area contributed by atoms with Crippen LogP contribution in [0.2, 0.25) is 0 Å². The van der Waals surface area contributed by atoms with Gasteiger partial charge in [0.2, 0.25) is 5.13 Å². The lowest BCUT2D eigenvalue weighted by Crippen LogP contribution is -2.40. The van der Waals surface area contributed by atoms with Crippen LogP contribution in [0.25, 0.3) is 0 Å². The Hall–Kier alpha value is -0.680. The Kier molecular flexibility index (Phi) is 4.12. The number of nitrogens with zero attached hydrogens (tertiary/aromatic N) is 3. The zero-order chi connectivity index (χ0) is 11.4. The fourth-order valence-corrected chi connectivity index (χ4v) is 3.14. The predicted octanol–water partition coefficient (Wildman–Crippen LogP) is 1.94. The second-order valence-corrected chi connectivity index (χ2v) is 5.13. The van der Waals surface area contributed by atoms with Crippen molar-refractivity contribution in [2.75, 3.05) is 18.0 Å². The molecule has 0 spiro atoms. The molecule has 0 saturated heterocycles. The van der Waals surface area contributed by atoms with Crippen LogP contribution in [0, 0.1) is 6.92 Å². The van der Waals surface area contributed by atoms with Crippen LogP contribution in [0.4, 0.5) is 5.13 Å². The predicted molar refractivity (Wildman–Crippen MR) is 67.9 cm³/mol. The van der Waals surface area contributed by atoms with Gasteiger partial charge in [0.15, 0.2) is 0 Å². The lowest BCUT2D eigenvalue weighted by molar-refractivity contribution is 0.415. The first-order valence-electron chi connectivity index (χ1n) is 6.08. The first-order valence-corrected chi connectivity index (χ1v) is 6.85. The molecule has 90 valence electrons. The van der Waals surface area contributed by atoms with Gasteiger partial charge >= 0.3 is 0 Å². The molecule has 0 aromatic carbocycles. The summed E-state index contributed by atoms with van der Waals surface area (Å²) in [6.45, 7) is 3.54. The van der Waals surface area contributed by atoms with E-state index in [9.17, 15) is 0 Å². The number of aryl methyl sites for hydroxylation is 1. The highest BCUT2D eigenvalue weighted by molar-refractivity contribution is 7.09. The van der Waals surface area contributed by atoms with Gasteiger partial charge in [-0.05, 0) is 19.8 Å². The molecule has 0 amide bonds. The van der Waals surface area contributed by atoms with Crippen molar-refractivity contribution in [1.29, 1.82) is 0 Å². The number of rotatable bonds is 4. The molecule has 5 heteroatoms. The van der Waals surface area contributed by atoms with Gasteiger partial charge < -0.3 is 10.6 Å². The molecule has 0 aliphatic heterocycles. The summed E-state index contributed by atoms with van der Waals surface area (Å²) < 4.78 is 4.26. The van der Waals surface area contributed by atoms with Crippen LogP contribution >= 0.6 is 11.5 Å². The summed E-state index contributed by atoms with van der Waals surface area (Å²) in [5, 5.41) is 1.05. The topological polar surface area (TPSA) is 55.0 Å². The van der Waals surface area contributed by atoms with E-state index < -0.39 is 0 Å². The van der Waals surface area contributed by atoms with Gasteiger partial charge in [-0.2, -0.15) is 4.37 Å². The maximum absolute atomic E-state index is 5.70. The van der Waals surface area contributed by atoms with E-state index in [1.165, 1.54) is 43.6 Å². The molecule has 1 aliphatic carbocycles. The van der Waals surface area contributed by atoms with Crippen molar-refractivity contribution in [2.24, 2.45) is 5.73 Å². The molecule has 1 aliphatic rings. The minimum Gasteiger partial charge on any atom is -0.343 e. The van der Waals surface area contributed by atoms with E-state index in [1.54, 1.807) is 0 Å². The van der Waals surface area contributed by atoms with Crippen molar-refractivity contribution >= 4 is 16.7 Å². The molecular formula is C11H20N4S. The second-order valence-electron chi connectivity index (χ2n) is 4.40. The van der Waals surface area contributed by atoms with Gasteiger partial charge in [-0.1, -0.05) is 19.3 Å². The van der Waals surface area contributed by atoms with Crippen LogP contribution in [0.15, 0.2) is 0 Å². The molecule has 0 radical (unpaired) electrons. The Morgan fingerprint density at radius 2 is 2.12 bits per heavy atom. The molecule has 16 heavy (non-hydrogen) atoms. The van der Waals surface area contributed by atoms with E-state index in [0.29, 0.717) is 12.6 Å². The smallest absolute Gasteiger partial charge is 0.205 e. The standard InChI is InChI=1S/C11H20N4S/c1-9-13-11(16-14-9)15(8-7-12)10-5-3-2-4-6-10/h10H,2-8,12H2,1H3. The van der Waals surface area contributed by atoms with Gasteiger partial charge in [0.05, 0.1) is 0 Å². The molecule has 1 fully saturated rings. The zero-order valence-electron chi connectivity index (χ0n) is 9.85. The van der Waals surface area contributed by atoms with Crippen LogP contribution in [-0.2, 0) is 0 Å². The van der Waals surface area contributed by atoms with Crippen molar-refractivity contribution in [3.05, 3.63) is 5.82 Å². The number of nitrogens with two attached hydrogens (primary N) is 1. The maximum atomic E-state index is 5.70. The first kappa shape index (κ1) is 11.8. The molecule has 2 N–H and O–H groups in total. The summed E-state index contributed by atoms with van der Waals surface area (Å²) in [6.07, 6.45) is 6.60. The average molecular weight is 240 g/mol. The highest BCUT2D eigenvalue weighted by Gasteiger charge is 2.23. The molecule has 1 aromatic heterocycles. The van der Waals surface area contributed by atoms with Gasteiger partial charge in [-0.15, -0.1) is 0 Å².